The van der Waals surface area contributed by atoms with E-state index in [1.807, 2.05) is 19.0 Å². The number of carbonyl (C=O) groups is 3. The summed E-state index contributed by atoms with van der Waals surface area (Å²) in [7, 11) is 0. The summed E-state index contributed by atoms with van der Waals surface area (Å²) in [4.78, 5) is 40.5. The highest BCUT2D eigenvalue weighted by Crippen LogP contribution is 2.30. The molecule has 0 saturated heterocycles. The van der Waals surface area contributed by atoms with E-state index in [1.54, 1.807) is 6.07 Å². The van der Waals surface area contributed by atoms with Crippen LogP contribution in [0.2, 0.25) is 6.82 Å². The van der Waals surface area contributed by atoms with Gasteiger partial charge in [-0.1, -0.05) is 37.2 Å². The average Bonchev–Trinajstić information content (AvgIpc) is 3.30. The number of ketones is 1. The van der Waals surface area contributed by atoms with Crippen LogP contribution in [0.25, 0.3) is 0 Å². The fourth-order valence-electron chi connectivity index (χ4n) is 4.62. The molecule has 0 aromatic heterocycles. The van der Waals surface area contributed by atoms with Gasteiger partial charge >= 0.3 is 13.1 Å². The SMILES string of the molecule is CB1OCc2ccc(CC(=O)[C@@H](NC(=O)[C@@H](N)CC(=O)N(CCN)CCN)[C@H](O)c3ccc(C(F)(F)F)cc3)cc21. The Hall–Kier alpha value is -3.30. The van der Waals surface area contributed by atoms with Crippen molar-refractivity contribution in [3.05, 3.63) is 64.7 Å². The zero-order valence-corrected chi connectivity index (χ0v) is 22.7. The van der Waals surface area contributed by atoms with Gasteiger partial charge in [0.1, 0.15) is 12.1 Å². The lowest BCUT2D eigenvalue weighted by molar-refractivity contribution is -0.137. The van der Waals surface area contributed by atoms with Gasteiger partial charge in [0.2, 0.25) is 11.8 Å². The van der Waals surface area contributed by atoms with Crippen LogP contribution in [-0.4, -0.2) is 72.8 Å². The number of nitrogens with two attached hydrogens (primary N) is 3. The summed E-state index contributed by atoms with van der Waals surface area (Å²) >= 11 is 0. The van der Waals surface area contributed by atoms with Gasteiger partial charge in [0.15, 0.2) is 5.78 Å². The van der Waals surface area contributed by atoms with E-state index in [-0.39, 0.29) is 45.1 Å². The van der Waals surface area contributed by atoms with E-state index in [0.29, 0.717) is 12.2 Å². The number of benzene rings is 2. The van der Waals surface area contributed by atoms with Gasteiger partial charge in [0.25, 0.3) is 0 Å². The van der Waals surface area contributed by atoms with Gasteiger partial charge in [-0.05, 0) is 34.3 Å². The first-order valence-corrected chi connectivity index (χ1v) is 13.2. The number of aliphatic hydroxyl groups excluding tert-OH is 1. The third kappa shape index (κ3) is 8.36. The number of halogens is 3. The summed E-state index contributed by atoms with van der Waals surface area (Å²) in [5.41, 5.74) is 18.6. The van der Waals surface area contributed by atoms with E-state index >= 15 is 0 Å². The second-order valence-electron chi connectivity index (χ2n) is 9.95. The molecule has 2 aromatic rings. The lowest BCUT2D eigenvalue weighted by Crippen LogP contribution is -2.52. The van der Waals surface area contributed by atoms with E-state index < -0.39 is 53.9 Å². The highest BCUT2D eigenvalue weighted by Gasteiger charge is 2.34. The number of aliphatic hydroxyl groups is 1. The van der Waals surface area contributed by atoms with Gasteiger partial charge < -0.3 is 37.2 Å². The molecule has 0 bridgehead atoms. The minimum absolute atomic E-state index is 0.0191. The van der Waals surface area contributed by atoms with Crippen LogP contribution >= 0.6 is 0 Å². The topological polar surface area (TPSA) is 174 Å². The van der Waals surface area contributed by atoms with Crippen LogP contribution in [0.1, 0.15) is 34.8 Å². The smallest absolute Gasteiger partial charge is 0.416 e. The number of hydrogen-bond donors (Lipinski definition) is 5. The molecular weight excluding hydrogens is 542 g/mol. The first-order chi connectivity index (χ1) is 19.3. The first-order valence-electron chi connectivity index (χ1n) is 13.2. The number of Topliss-reactive ketones (excluding diaryl/α,β-unsaturated/α-hetero) is 1. The van der Waals surface area contributed by atoms with Crippen molar-refractivity contribution in [3.63, 3.8) is 0 Å². The maximum atomic E-state index is 13.5. The molecule has 3 rings (SSSR count). The molecule has 14 heteroatoms. The number of hydrogen-bond acceptors (Lipinski definition) is 8. The molecule has 2 aromatic carbocycles. The van der Waals surface area contributed by atoms with Gasteiger partial charge in [0, 0.05) is 32.6 Å². The molecule has 2 amide bonds. The number of rotatable bonds is 13. The number of nitrogens with zero attached hydrogens (tertiary/aromatic N) is 1. The average molecular weight is 577 g/mol. The molecule has 1 aliphatic rings. The fourth-order valence-corrected chi connectivity index (χ4v) is 4.62. The Balaban J connectivity index is 1.82. The molecule has 1 aliphatic heterocycles. The Morgan fingerprint density at radius 1 is 1.10 bits per heavy atom. The second kappa shape index (κ2) is 14.1. The summed E-state index contributed by atoms with van der Waals surface area (Å²) in [6, 6.07) is 6.05. The lowest BCUT2D eigenvalue weighted by atomic mass is 9.64. The number of alkyl halides is 3. The van der Waals surface area contributed by atoms with Crippen molar-refractivity contribution >= 4 is 30.0 Å². The Morgan fingerprint density at radius 2 is 1.73 bits per heavy atom. The zero-order chi connectivity index (χ0) is 30.3. The van der Waals surface area contributed by atoms with Crippen molar-refractivity contribution in [1.82, 2.24) is 10.2 Å². The Bertz CT molecular complexity index is 1220. The monoisotopic (exact) mass is 577 g/mol. The standard InChI is InChI=1S/C27H35BF3N5O5/c1-28-20-12-16(2-3-18(20)15-41-28)13-22(37)24(25(39)17-4-6-19(7-5-17)27(29,30)31)35-26(40)21(34)14-23(38)36(10-8-32)11-9-33/h2-7,12,21,24-25,39H,8-11,13-15,32-34H2,1H3,(H,35,40)/t21-,24+,25+/m0/s1. The Kier molecular flexibility index (Phi) is 11.0. The van der Waals surface area contributed by atoms with E-state index in [4.69, 9.17) is 21.9 Å². The molecule has 0 saturated carbocycles. The van der Waals surface area contributed by atoms with Crippen LogP contribution in [0, 0.1) is 0 Å². The minimum Gasteiger partial charge on any atom is -0.427 e. The third-order valence-corrected chi connectivity index (χ3v) is 6.94. The highest BCUT2D eigenvalue weighted by molar-refractivity contribution is 6.67. The van der Waals surface area contributed by atoms with Gasteiger partial charge in [-0.15, -0.1) is 0 Å². The third-order valence-electron chi connectivity index (χ3n) is 6.94. The van der Waals surface area contributed by atoms with Crippen molar-refractivity contribution < 1.29 is 37.3 Å². The molecule has 0 fully saturated rings. The number of amides is 2. The molecule has 0 spiro atoms. The molecule has 0 radical (unpaired) electrons. The van der Waals surface area contributed by atoms with E-state index in [2.05, 4.69) is 5.32 Å². The highest BCUT2D eigenvalue weighted by atomic mass is 19.4. The molecule has 3 atom stereocenters. The molecule has 1 heterocycles. The maximum Gasteiger partial charge on any atom is 0.416 e. The molecule has 0 unspecified atom stereocenters. The van der Waals surface area contributed by atoms with Crippen LogP contribution in [0.3, 0.4) is 0 Å². The van der Waals surface area contributed by atoms with Gasteiger partial charge in [-0.3, -0.25) is 14.4 Å². The predicted molar refractivity (Wildman–Crippen MR) is 147 cm³/mol. The molecule has 8 N–H and O–H groups in total. The molecule has 10 nitrogen and oxygen atoms in total. The summed E-state index contributed by atoms with van der Waals surface area (Å²) < 4.78 is 44.7. The Labute approximate surface area is 236 Å². The number of nitrogens with one attached hydrogen (secondary N) is 1. The summed E-state index contributed by atoms with van der Waals surface area (Å²) in [5, 5.41) is 13.5. The zero-order valence-electron chi connectivity index (χ0n) is 22.7. The van der Waals surface area contributed by atoms with Crippen molar-refractivity contribution in [3.8, 4) is 0 Å². The first kappa shape index (κ1) is 32.2. The van der Waals surface area contributed by atoms with E-state index in [0.717, 1.165) is 35.3 Å². The molecule has 222 valence electrons. The largest absolute Gasteiger partial charge is 0.427 e. The van der Waals surface area contributed by atoms with Crippen molar-refractivity contribution in [2.45, 2.75) is 50.6 Å². The normalized spacial score (nSPS) is 15.2. The fraction of sp³-hybridized carbons (Fsp3) is 0.444. The second-order valence-corrected chi connectivity index (χ2v) is 9.95. The van der Waals surface area contributed by atoms with E-state index in [1.165, 1.54) is 4.90 Å². The molecule has 0 aliphatic carbocycles. The van der Waals surface area contributed by atoms with Gasteiger partial charge in [-0.2, -0.15) is 13.2 Å². The minimum atomic E-state index is -4.59. The summed E-state index contributed by atoms with van der Waals surface area (Å²) in [6.07, 6.45) is -6.90. The number of fused-ring (bicyclic) bond motifs is 1. The summed E-state index contributed by atoms with van der Waals surface area (Å²) in [5.74, 6) is -1.97. The van der Waals surface area contributed by atoms with Crippen molar-refractivity contribution in [2.24, 2.45) is 17.2 Å². The number of carbonyl (C=O) groups excluding carboxylic acids is 3. The molecule has 41 heavy (non-hydrogen) atoms. The van der Waals surface area contributed by atoms with Crippen LogP contribution < -0.4 is 28.0 Å². The van der Waals surface area contributed by atoms with Crippen LogP contribution in [-0.2, 0) is 38.2 Å². The summed E-state index contributed by atoms with van der Waals surface area (Å²) in [6.45, 7) is 2.93. The lowest BCUT2D eigenvalue weighted by Gasteiger charge is -2.26. The van der Waals surface area contributed by atoms with Crippen molar-refractivity contribution in [1.29, 1.82) is 0 Å². The van der Waals surface area contributed by atoms with Gasteiger partial charge in [-0.25, -0.2) is 0 Å². The van der Waals surface area contributed by atoms with E-state index in [9.17, 15) is 32.7 Å². The van der Waals surface area contributed by atoms with Crippen LogP contribution in [0.15, 0.2) is 42.5 Å². The van der Waals surface area contributed by atoms with Crippen molar-refractivity contribution in [2.75, 3.05) is 26.2 Å². The van der Waals surface area contributed by atoms with Crippen LogP contribution in [0.5, 0.6) is 0 Å². The maximum absolute atomic E-state index is 13.5. The predicted octanol–water partition coefficient (Wildman–Crippen LogP) is -0.143. The van der Waals surface area contributed by atoms with Crippen LogP contribution in [0.4, 0.5) is 13.2 Å². The van der Waals surface area contributed by atoms with Gasteiger partial charge in [0.05, 0.1) is 24.6 Å². The Morgan fingerprint density at radius 3 is 2.32 bits per heavy atom. The molecular formula is C27H35BF3N5O5. The quantitative estimate of drug-likeness (QED) is 0.205.